The van der Waals surface area contributed by atoms with Crippen molar-refractivity contribution in [3.8, 4) is 16.9 Å². The lowest BCUT2D eigenvalue weighted by Gasteiger charge is -2.10. The van der Waals surface area contributed by atoms with Crippen LogP contribution >= 0.6 is 0 Å². The molecule has 0 aliphatic heterocycles. The van der Waals surface area contributed by atoms with E-state index in [9.17, 15) is 4.79 Å². The summed E-state index contributed by atoms with van der Waals surface area (Å²) in [6.45, 7) is 3.79. The van der Waals surface area contributed by atoms with E-state index in [1.165, 1.54) is 0 Å². The molecule has 0 aliphatic carbocycles. The number of benzene rings is 1. The number of hydrogen-bond acceptors (Lipinski definition) is 2. The van der Waals surface area contributed by atoms with Crippen LogP contribution < -0.4 is 4.74 Å². The molecule has 0 spiro atoms. The van der Waals surface area contributed by atoms with Crippen molar-refractivity contribution in [2.75, 3.05) is 21.2 Å². The molecule has 0 radical (unpaired) electrons. The Kier molecular flexibility index (Phi) is 4.17. The van der Waals surface area contributed by atoms with E-state index in [-0.39, 0.29) is 5.91 Å². The molecule has 0 saturated heterocycles. The van der Waals surface area contributed by atoms with Gasteiger partial charge < -0.3 is 14.2 Å². The van der Waals surface area contributed by atoms with E-state index in [1.807, 2.05) is 42.1 Å². The van der Waals surface area contributed by atoms with Gasteiger partial charge in [-0.2, -0.15) is 0 Å². The average Bonchev–Trinajstić information content (AvgIpc) is 2.87. The van der Waals surface area contributed by atoms with E-state index in [0.29, 0.717) is 5.69 Å². The molecule has 2 aromatic rings. The van der Waals surface area contributed by atoms with Crippen molar-refractivity contribution in [1.29, 1.82) is 0 Å². The highest BCUT2D eigenvalue weighted by Gasteiger charge is 2.14. The molecule has 1 heterocycles. The summed E-state index contributed by atoms with van der Waals surface area (Å²) in [7, 11) is 7.00. The van der Waals surface area contributed by atoms with Crippen LogP contribution in [-0.4, -0.2) is 36.6 Å². The maximum absolute atomic E-state index is 12.1. The van der Waals surface area contributed by atoms with E-state index in [2.05, 4.69) is 6.58 Å². The van der Waals surface area contributed by atoms with Crippen molar-refractivity contribution in [3.63, 3.8) is 0 Å². The molecule has 4 heteroatoms. The number of hydrogen-bond donors (Lipinski definition) is 0. The molecular weight excluding hydrogens is 264 g/mol. The lowest BCUT2D eigenvalue weighted by molar-refractivity contribution is 0.0818. The zero-order valence-corrected chi connectivity index (χ0v) is 12.9. The summed E-state index contributed by atoms with van der Waals surface area (Å²) in [5, 5.41) is 0. The van der Waals surface area contributed by atoms with Crippen LogP contribution in [0.15, 0.2) is 37.0 Å². The van der Waals surface area contributed by atoms with Gasteiger partial charge in [0.2, 0.25) is 0 Å². The Morgan fingerprint density at radius 3 is 2.52 bits per heavy atom. The van der Waals surface area contributed by atoms with Gasteiger partial charge in [-0.25, -0.2) is 0 Å². The zero-order valence-electron chi connectivity index (χ0n) is 12.9. The Hall–Kier alpha value is -2.49. The molecule has 0 bridgehead atoms. The number of nitrogens with zero attached hydrogens (tertiary/aromatic N) is 2. The molecule has 0 fully saturated rings. The highest BCUT2D eigenvalue weighted by Crippen LogP contribution is 2.28. The predicted molar refractivity (Wildman–Crippen MR) is 85.5 cm³/mol. The molecule has 4 nitrogen and oxygen atoms in total. The van der Waals surface area contributed by atoms with Crippen LogP contribution in [0.5, 0.6) is 5.75 Å². The molecule has 21 heavy (non-hydrogen) atoms. The van der Waals surface area contributed by atoms with Gasteiger partial charge in [-0.3, -0.25) is 4.79 Å². The average molecular weight is 284 g/mol. The highest BCUT2D eigenvalue weighted by atomic mass is 16.5. The first-order valence-corrected chi connectivity index (χ1v) is 6.66. The van der Waals surface area contributed by atoms with Crippen LogP contribution in [0.1, 0.15) is 16.1 Å². The zero-order chi connectivity index (χ0) is 15.6. The number of aromatic nitrogens is 1. The van der Waals surface area contributed by atoms with Gasteiger partial charge in [0.1, 0.15) is 11.4 Å². The summed E-state index contributed by atoms with van der Waals surface area (Å²) in [6, 6.07) is 7.79. The summed E-state index contributed by atoms with van der Waals surface area (Å²) in [5.74, 6) is 0.752. The minimum atomic E-state index is -0.0180. The van der Waals surface area contributed by atoms with Crippen molar-refractivity contribution in [2.24, 2.45) is 7.05 Å². The number of carbonyl (C=O) groups excluding carboxylic acids is 1. The van der Waals surface area contributed by atoms with Crippen LogP contribution in [0.2, 0.25) is 0 Å². The first-order chi connectivity index (χ1) is 9.96. The van der Waals surface area contributed by atoms with E-state index in [1.54, 1.807) is 32.2 Å². The second-order valence-electron chi connectivity index (χ2n) is 5.12. The van der Waals surface area contributed by atoms with Gasteiger partial charge in [-0.05, 0) is 35.4 Å². The standard InChI is InChI=1S/C17H20N2O2/c1-6-12-7-13(9-15(8-12)21-5)14-10-16(19(4)11-14)17(20)18(2)3/h6-11H,1H2,2-5H3. The summed E-state index contributed by atoms with van der Waals surface area (Å²) in [4.78, 5) is 13.7. The van der Waals surface area contributed by atoms with Crippen LogP contribution in [-0.2, 0) is 7.05 Å². The maximum atomic E-state index is 12.1. The smallest absolute Gasteiger partial charge is 0.269 e. The number of rotatable bonds is 4. The van der Waals surface area contributed by atoms with Gasteiger partial charge in [0.05, 0.1) is 7.11 Å². The molecule has 0 aliphatic rings. The van der Waals surface area contributed by atoms with Gasteiger partial charge in [-0.1, -0.05) is 12.7 Å². The van der Waals surface area contributed by atoms with Gasteiger partial charge in [-0.15, -0.1) is 0 Å². The Bertz CT molecular complexity index is 684. The van der Waals surface area contributed by atoms with Crippen molar-refractivity contribution < 1.29 is 9.53 Å². The summed E-state index contributed by atoms with van der Waals surface area (Å²) >= 11 is 0. The predicted octanol–water partition coefficient (Wildman–Crippen LogP) is 3.05. The molecular formula is C17H20N2O2. The van der Waals surface area contributed by atoms with Crippen molar-refractivity contribution in [2.45, 2.75) is 0 Å². The minimum absolute atomic E-state index is 0.0180. The van der Waals surface area contributed by atoms with Gasteiger partial charge >= 0.3 is 0 Å². The third-order valence-electron chi connectivity index (χ3n) is 3.36. The molecule has 1 aromatic carbocycles. The van der Waals surface area contributed by atoms with E-state index in [0.717, 1.165) is 22.4 Å². The molecule has 2 rings (SSSR count). The van der Waals surface area contributed by atoms with Crippen LogP contribution in [0.4, 0.5) is 0 Å². The molecule has 0 atom stereocenters. The monoisotopic (exact) mass is 284 g/mol. The largest absolute Gasteiger partial charge is 0.497 e. The van der Waals surface area contributed by atoms with Crippen LogP contribution in [0.3, 0.4) is 0 Å². The van der Waals surface area contributed by atoms with Gasteiger partial charge in [0.25, 0.3) is 5.91 Å². The first-order valence-electron chi connectivity index (χ1n) is 6.66. The van der Waals surface area contributed by atoms with Gasteiger partial charge in [0.15, 0.2) is 0 Å². The van der Waals surface area contributed by atoms with Crippen molar-refractivity contribution >= 4 is 12.0 Å². The SMILES string of the molecule is C=Cc1cc(OC)cc(-c2cc(C(=O)N(C)C)n(C)c2)c1. The minimum Gasteiger partial charge on any atom is -0.497 e. The lowest BCUT2D eigenvalue weighted by Crippen LogP contribution is -2.23. The summed E-state index contributed by atoms with van der Waals surface area (Å²) < 4.78 is 7.15. The lowest BCUT2D eigenvalue weighted by atomic mass is 10.0. The third-order valence-corrected chi connectivity index (χ3v) is 3.36. The molecule has 0 N–H and O–H groups in total. The van der Waals surface area contributed by atoms with E-state index in [4.69, 9.17) is 4.74 Å². The Labute approximate surface area is 125 Å². The fourth-order valence-electron chi connectivity index (χ4n) is 2.19. The fraction of sp³-hybridized carbons (Fsp3) is 0.235. The van der Waals surface area contributed by atoms with Crippen LogP contribution in [0, 0.1) is 0 Å². The Morgan fingerprint density at radius 2 is 1.95 bits per heavy atom. The van der Waals surface area contributed by atoms with E-state index >= 15 is 0 Å². The van der Waals surface area contributed by atoms with Crippen molar-refractivity contribution in [1.82, 2.24) is 9.47 Å². The fourth-order valence-corrected chi connectivity index (χ4v) is 2.19. The normalized spacial score (nSPS) is 10.3. The Morgan fingerprint density at radius 1 is 1.24 bits per heavy atom. The quantitative estimate of drug-likeness (QED) is 0.865. The second kappa shape index (κ2) is 5.87. The first kappa shape index (κ1) is 14.9. The van der Waals surface area contributed by atoms with E-state index < -0.39 is 0 Å². The molecule has 110 valence electrons. The van der Waals surface area contributed by atoms with Crippen LogP contribution in [0.25, 0.3) is 17.2 Å². The van der Waals surface area contributed by atoms with Crippen molar-refractivity contribution in [3.05, 3.63) is 48.3 Å². The number of methoxy groups -OCH3 is 1. The number of amides is 1. The number of aryl methyl sites for hydroxylation is 1. The molecule has 0 saturated carbocycles. The summed E-state index contributed by atoms with van der Waals surface area (Å²) in [5.41, 5.74) is 3.61. The molecule has 1 aromatic heterocycles. The summed E-state index contributed by atoms with van der Waals surface area (Å²) in [6.07, 6.45) is 3.72. The number of ether oxygens (including phenoxy) is 1. The number of carbonyl (C=O) groups is 1. The van der Waals surface area contributed by atoms with Gasteiger partial charge in [0, 0.05) is 32.9 Å². The topological polar surface area (TPSA) is 34.5 Å². The third kappa shape index (κ3) is 2.99. The maximum Gasteiger partial charge on any atom is 0.269 e. The molecule has 1 amide bonds. The Balaban J connectivity index is 2.50. The molecule has 0 unspecified atom stereocenters. The second-order valence-corrected chi connectivity index (χ2v) is 5.12. The highest BCUT2D eigenvalue weighted by molar-refractivity contribution is 5.94.